The van der Waals surface area contributed by atoms with Crippen LogP contribution in [0.5, 0.6) is 0 Å². The Kier molecular flexibility index (Phi) is 7.61. The number of esters is 3. The summed E-state index contributed by atoms with van der Waals surface area (Å²) in [4.78, 5) is 35.6. The lowest BCUT2D eigenvalue weighted by molar-refractivity contribution is -0.239. The van der Waals surface area contributed by atoms with Crippen molar-refractivity contribution in [1.29, 1.82) is 0 Å². The van der Waals surface area contributed by atoms with E-state index in [2.05, 4.69) is 0 Å². The topological polar surface area (TPSA) is 93.1 Å². The Morgan fingerprint density at radius 2 is 1.64 bits per heavy atom. The normalized spacial score (nSPS) is 21.7. The van der Waals surface area contributed by atoms with Gasteiger partial charge in [-0.3, -0.25) is 14.4 Å². The van der Waals surface area contributed by atoms with E-state index in [1.165, 1.54) is 32.9 Å². The molecule has 0 unspecified atom stereocenters. The first-order valence-electron chi connectivity index (χ1n) is 11.3. The van der Waals surface area contributed by atoms with Crippen molar-refractivity contribution >= 4 is 40.4 Å². The molecule has 3 aromatic rings. The van der Waals surface area contributed by atoms with Crippen molar-refractivity contribution in [2.24, 2.45) is 0 Å². The molecule has 36 heavy (non-hydrogen) atoms. The number of aromatic nitrogens is 1. The third-order valence-electron chi connectivity index (χ3n) is 5.79. The molecule has 0 amide bonds. The van der Waals surface area contributed by atoms with Gasteiger partial charge < -0.3 is 23.5 Å². The van der Waals surface area contributed by atoms with Crippen molar-refractivity contribution in [1.82, 2.24) is 4.57 Å². The number of carbonyl (C=O) groups excluding carboxylic acids is 3. The molecule has 1 saturated heterocycles. The number of benzene rings is 2. The number of rotatable bonds is 6. The minimum absolute atomic E-state index is 0.0951. The van der Waals surface area contributed by atoms with Gasteiger partial charge in [-0.1, -0.05) is 41.9 Å². The quantitative estimate of drug-likeness (QED) is 0.354. The number of ether oxygens (including phenoxy) is 4. The third kappa shape index (κ3) is 5.52. The molecule has 1 aliphatic rings. The second-order valence-corrected chi connectivity index (χ2v) is 8.93. The molecule has 190 valence electrons. The first-order chi connectivity index (χ1) is 17.1. The van der Waals surface area contributed by atoms with Gasteiger partial charge in [-0.2, -0.15) is 0 Å². The standard InChI is InChI=1S/C26H25ClFNO7/c1-14(30)34-23-13-33-26(25(36-16(3)32)24(23)35-15(2)31)29-12-18(9-17-7-5-4-6-8-17)19-10-21(28)20(27)11-22(19)29/h4-8,10-12,23-26H,9,13H2,1-3H3/t23-,24+,25-,26-/m1/s1. The Morgan fingerprint density at radius 3 is 2.28 bits per heavy atom. The average molecular weight is 518 g/mol. The molecule has 2 heterocycles. The molecular weight excluding hydrogens is 493 g/mol. The van der Waals surface area contributed by atoms with Crippen LogP contribution in [0.25, 0.3) is 10.9 Å². The number of hydrogen-bond donors (Lipinski definition) is 0. The molecule has 1 fully saturated rings. The van der Waals surface area contributed by atoms with Gasteiger partial charge in [-0.15, -0.1) is 0 Å². The zero-order chi connectivity index (χ0) is 26.0. The molecule has 0 spiro atoms. The number of carbonyl (C=O) groups is 3. The Morgan fingerprint density at radius 1 is 1.00 bits per heavy atom. The molecule has 0 bridgehead atoms. The summed E-state index contributed by atoms with van der Waals surface area (Å²) in [6.45, 7) is 3.48. The molecule has 0 saturated carbocycles. The first-order valence-corrected chi connectivity index (χ1v) is 11.7. The fraction of sp³-hybridized carbons (Fsp3) is 0.346. The van der Waals surface area contributed by atoms with Crippen LogP contribution in [0.15, 0.2) is 48.7 Å². The lowest BCUT2D eigenvalue weighted by Gasteiger charge is -2.41. The fourth-order valence-corrected chi connectivity index (χ4v) is 4.60. The molecule has 2 aromatic carbocycles. The van der Waals surface area contributed by atoms with Crippen LogP contribution in [0, 0.1) is 5.82 Å². The molecule has 1 aromatic heterocycles. The highest BCUT2D eigenvalue weighted by Gasteiger charge is 2.48. The zero-order valence-corrected chi connectivity index (χ0v) is 20.7. The van der Waals surface area contributed by atoms with Gasteiger partial charge in [0.15, 0.2) is 24.5 Å². The van der Waals surface area contributed by atoms with Crippen molar-refractivity contribution in [2.75, 3.05) is 6.61 Å². The summed E-state index contributed by atoms with van der Waals surface area (Å²) in [5, 5.41) is 0.499. The smallest absolute Gasteiger partial charge is 0.303 e. The van der Waals surface area contributed by atoms with Crippen LogP contribution >= 0.6 is 11.6 Å². The van der Waals surface area contributed by atoms with Crippen LogP contribution in [0.1, 0.15) is 38.1 Å². The Labute approximate surface area is 211 Å². The monoisotopic (exact) mass is 517 g/mol. The van der Waals surface area contributed by atoms with Crippen molar-refractivity contribution in [3.63, 3.8) is 0 Å². The number of hydrogen-bond acceptors (Lipinski definition) is 7. The van der Waals surface area contributed by atoms with Gasteiger partial charge in [0.25, 0.3) is 0 Å². The highest BCUT2D eigenvalue weighted by molar-refractivity contribution is 6.31. The maximum Gasteiger partial charge on any atom is 0.303 e. The largest absolute Gasteiger partial charge is 0.456 e. The number of fused-ring (bicyclic) bond motifs is 1. The lowest BCUT2D eigenvalue weighted by Crippen LogP contribution is -2.55. The Hall–Kier alpha value is -3.43. The van der Waals surface area contributed by atoms with Crippen molar-refractivity contribution < 1.29 is 37.7 Å². The fourth-order valence-electron chi connectivity index (χ4n) is 4.44. The van der Waals surface area contributed by atoms with E-state index in [1.54, 1.807) is 10.8 Å². The summed E-state index contributed by atoms with van der Waals surface area (Å²) in [5.41, 5.74) is 2.31. The van der Waals surface area contributed by atoms with E-state index < -0.39 is 48.3 Å². The summed E-state index contributed by atoms with van der Waals surface area (Å²) in [7, 11) is 0. The molecule has 0 radical (unpaired) electrons. The van der Waals surface area contributed by atoms with Gasteiger partial charge in [0.05, 0.1) is 17.1 Å². The summed E-state index contributed by atoms with van der Waals surface area (Å²) in [5.74, 6) is -2.49. The van der Waals surface area contributed by atoms with Gasteiger partial charge in [-0.25, -0.2) is 4.39 Å². The minimum atomic E-state index is -1.17. The van der Waals surface area contributed by atoms with Crippen LogP contribution in [-0.4, -0.2) is 47.4 Å². The van der Waals surface area contributed by atoms with Crippen LogP contribution in [0.2, 0.25) is 5.02 Å². The van der Waals surface area contributed by atoms with E-state index in [4.69, 9.17) is 30.5 Å². The van der Waals surface area contributed by atoms with Gasteiger partial charge in [0.1, 0.15) is 5.82 Å². The zero-order valence-electron chi connectivity index (χ0n) is 19.9. The molecule has 1 aliphatic heterocycles. The highest BCUT2D eigenvalue weighted by atomic mass is 35.5. The second-order valence-electron chi connectivity index (χ2n) is 8.53. The van der Waals surface area contributed by atoms with Gasteiger partial charge in [0, 0.05) is 32.4 Å². The Balaban J connectivity index is 1.83. The second kappa shape index (κ2) is 10.7. The van der Waals surface area contributed by atoms with Gasteiger partial charge in [-0.05, 0) is 29.7 Å². The Bertz CT molecular complexity index is 1290. The average Bonchev–Trinajstić information content (AvgIpc) is 3.13. The SMILES string of the molecule is CC(=O)O[C@@H]1[C@@H](OC(C)=O)[C@H](OC(C)=O)CO[C@H]1n1cc(Cc2ccccc2)c2cc(F)c(Cl)cc21. The summed E-state index contributed by atoms with van der Waals surface area (Å²) < 4.78 is 38.5. The molecular formula is C26H25ClFNO7. The number of nitrogens with zero attached hydrogens (tertiary/aromatic N) is 1. The van der Waals surface area contributed by atoms with Crippen molar-refractivity contribution in [2.45, 2.75) is 51.7 Å². The molecule has 4 rings (SSSR count). The molecule has 8 nitrogen and oxygen atoms in total. The van der Waals surface area contributed by atoms with Crippen molar-refractivity contribution in [3.05, 3.63) is 70.6 Å². The predicted octanol–water partition coefficient (Wildman–Crippen LogP) is 4.35. The predicted molar refractivity (Wildman–Crippen MR) is 128 cm³/mol. The lowest BCUT2D eigenvalue weighted by atomic mass is 10.0. The van der Waals surface area contributed by atoms with Crippen LogP contribution in [-0.2, 0) is 39.8 Å². The van der Waals surface area contributed by atoms with Crippen molar-refractivity contribution in [3.8, 4) is 0 Å². The third-order valence-corrected chi connectivity index (χ3v) is 6.08. The van der Waals surface area contributed by atoms with Crippen LogP contribution in [0.4, 0.5) is 4.39 Å². The van der Waals surface area contributed by atoms with E-state index in [-0.39, 0.29) is 11.6 Å². The molecule has 10 heteroatoms. The molecule has 0 N–H and O–H groups in total. The minimum Gasteiger partial charge on any atom is -0.456 e. The van der Waals surface area contributed by atoms with Gasteiger partial charge in [0.2, 0.25) is 0 Å². The van der Waals surface area contributed by atoms with E-state index in [1.807, 2.05) is 30.3 Å². The van der Waals surface area contributed by atoms with E-state index in [9.17, 15) is 18.8 Å². The van der Waals surface area contributed by atoms with E-state index in [0.29, 0.717) is 17.3 Å². The van der Waals surface area contributed by atoms with Crippen LogP contribution in [0.3, 0.4) is 0 Å². The number of halogens is 2. The maximum absolute atomic E-state index is 14.5. The first kappa shape index (κ1) is 25.7. The van der Waals surface area contributed by atoms with Gasteiger partial charge >= 0.3 is 17.9 Å². The van der Waals surface area contributed by atoms with E-state index in [0.717, 1.165) is 11.1 Å². The molecule has 0 aliphatic carbocycles. The van der Waals surface area contributed by atoms with Crippen LogP contribution < -0.4 is 0 Å². The van der Waals surface area contributed by atoms with E-state index >= 15 is 0 Å². The highest BCUT2D eigenvalue weighted by Crippen LogP contribution is 2.37. The molecule has 4 atom stereocenters. The summed E-state index contributed by atoms with van der Waals surface area (Å²) in [6, 6.07) is 12.4. The maximum atomic E-state index is 14.5. The summed E-state index contributed by atoms with van der Waals surface area (Å²) >= 11 is 6.13. The summed E-state index contributed by atoms with van der Waals surface area (Å²) in [6.07, 6.45) is -2.04.